The maximum Gasteiger partial charge on any atom is 0.353 e. The standard InChI is InChI=1S/C20H29BN2O2/c1-8-16-11(3)19-18(10-25-15(7)24)20-12(4)17(9-2)14(6)23(20)21-22(19)13(16)5/h8-10,21H2,1-7H3. The van der Waals surface area contributed by atoms with Crippen LogP contribution in [0.2, 0.25) is 0 Å². The van der Waals surface area contributed by atoms with Crippen LogP contribution in [0.5, 0.6) is 0 Å². The predicted molar refractivity (Wildman–Crippen MR) is 105 cm³/mol. The fourth-order valence-electron chi connectivity index (χ4n) is 5.09. The van der Waals surface area contributed by atoms with Crippen molar-refractivity contribution >= 4 is 24.8 Å². The molecule has 0 atom stereocenters. The van der Waals surface area contributed by atoms with E-state index in [0.29, 0.717) is 6.61 Å². The molecule has 3 heterocycles. The van der Waals surface area contributed by atoms with Gasteiger partial charge in [0.1, 0.15) is 12.3 Å². The molecule has 134 valence electrons. The molecule has 25 heavy (non-hydrogen) atoms. The van der Waals surface area contributed by atoms with Gasteiger partial charge in [0, 0.05) is 30.7 Å². The third-order valence-electron chi connectivity index (χ3n) is 6.26. The van der Waals surface area contributed by atoms with Gasteiger partial charge in [-0.1, -0.05) is 13.8 Å². The lowest BCUT2D eigenvalue weighted by molar-refractivity contribution is -0.316. The predicted octanol–water partition coefficient (Wildman–Crippen LogP) is 3.02. The van der Waals surface area contributed by atoms with Crippen molar-refractivity contribution < 1.29 is 14.0 Å². The summed E-state index contributed by atoms with van der Waals surface area (Å²) in [6.45, 7) is 15.2. The number of ether oxygens (including phenoxy) is 1. The lowest BCUT2D eigenvalue weighted by Crippen LogP contribution is -2.33. The zero-order valence-electron chi connectivity index (χ0n) is 16.8. The Morgan fingerprint density at radius 3 is 2.36 bits per heavy atom. The molecule has 0 amide bonds. The van der Waals surface area contributed by atoms with Crippen molar-refractivity contribution in [3.8, 4) is 0 Å². The molecule has 0 bridgehead atoms. The van der Waals surface area contributed by atoms with Crippen molar-refractivity contribution in [2.45, 2.75) is 61.3 Å². The number of rotatable bonds is 4. The van der Waals surface area contributed by atoms with Crippen LogP contribution in [0.3, 0.4) is 0 Å². The van der Waals surface area contributed by atoms with Crippen molar-refractivity contribution in [1.82, 2.24) is 4.48 Å². The van der Waals surface area contributed by atoms with Crippen LogP contribution in [0, 0.1) is 13.8 Å². The topological polar surface area (TPSA) is 34.2 Å². The van der Waals surface area contributed by atoms with Gasteiger partial charge in [-0.2, -0.15) is 0 Å². The fourth-order valence-corrected chi connectivity index (χ4v) is 5.09. The summed E-state index contributed by atoms with van der Waals surface area (Å²) in [5.74, 6) is -0.222. The minimum Gasteiger partial charge on any atom is -0.463 e. The third kappa shape index (κ3) is 2.52. The summed E-state index contributed by atoms with van der Waals surface area (Å²) in [5.41, 5.74) is 12.1. The van der Waals surface area contributed by atoms with Crippen LogP contribution in [0.25, 0.3) is 5.57 Å². The quantitative estimate of drug-likeness (QED) is 0.624. The average Bonchev–Trinajstić information content (AvgIpc) is 2.96. The van der Waals surface area contributed by atoms with E-state index in [1.165, 1.54) is 57.6 Å². The van der Waals surface area contributed by atoms with Crippen LogP contribution in [0.15, 0.2) is 16.8 Å². The van der Waals surface area contributed by atoms with Gasteiger partial charge >= 0.3 is 13.5 Å². The maximum absolute atomic E-state index is 11.5. The number of allylic oxidation sites excluding steroid dienone is 2. The summed E-state index contributed by atoms with van der Waals surface area (Å²) in [6, 6.07) is 0. The SMILES string of the molecule is CCC1=C(C)C2=C(COC(C)=O)c3c(C)c(CC)c(C)n3[BH2-][N+]2=C1C. The first-order chi connectivity index (χ1) is 11.8. The first-order valence-corrected chi connectivity index (χ1v) is 9.46. The largest absolute Gasteiger partial charge is 0.463 e. The van der Waals surface area contributed by atoms with E-state index >= 15 is 0 Å². The first kappa shape index (κ1) is 17.8. The van der Waals surface area contributed by atoms with E-state index in [1.54, 1.807) is 0 Å². The molecule has 2 aliphatic rings. The minimum atomic E-state index is -0.518. The van der Waals surface area contributed by atoms with E-state index in [9.17, 15) is 4.79 Å². The van der Waals surface area contributed by atoms with Crippen molar-refractivity contribution in [3.05, 3.63) is 39.4 Å². The van der Waals surface area contributed by atoms with Crippen LogP contribution in [0.4, 0.5) is 0 Å². The van der Waals surface area contributed by atoms with Crippen LogP contribution < -0.4 is 0 Å². The van der Waals surface area contributed by atoms with E-state index in [1.807, 2.05) is 0 Å². The van der Waals surface area contributed by atoms with Gasteiger partial charge in [-0.15, -0.1) is 0 Å². The molecule has 5 heteroatoms. The molecule has 0 unspecified atom stereocenters. The Morgan fingerprint density at radius 2 is 1.80 bits per heavy atom. The number of esters is 1. The van der Waals surface area contributed by atoms with E-state index in [2.05, 4.69) is 50.5 Å². The summed E-state index contributed by atoms with van der Waals surface area (Å²) in [7, 11) is -0.518. The van der Waals surface area contributed by atoms with Gasteiger partial charge in [0.2, 0.25) is 0 Å². The molecule has 4 nitrogen and oxygen atoms in total. The van der Waals surface area contributed by atoms with Gasteiger partial charge < -0.3 is 13.7 Å². The second kappa shape index (κ2) is 6.36. The zero-order valence-corrected chi connectivity index (χ0v) is 16.8. The van der Waals surface area contributed by atoms with Gasteiger partial charge in [0.25, 0.3) is 0 Å². The highest BCUT2D eigenvalue weighted by Gasteiger charge is 2.36. The van der Waals surface area contributed by atoms with Crippen molar-refractivity contribution in [1.29, 1.82) is 0 Å². The van der Waals surface area contributed by atoms with Crippen LogP contribution in [0.1, 0.15) is 63.6 Å². The molecular weight excluding hydrogens is 311 g/mol. The molecule has 0 saturated carbocycles. The molecule has 2 aliphatic heterocycles. The summed E-state index contributed by atoms with van der Waals surface area (Å²) >= 11 is 0. The molecule has 0 radical (unpaired) electrons. The average molecular weight is 340 g/mol. The highest BCUT2D eigenvalue weighted by molar-refractivity contribution is 6.29. The van der Waals surface area contributed by atoms with Gasteiger partial charge in [0.05, 0.1) is 5.57 Å². The molecular formula is C20H29BN2O2. The Hall–Kier alpha value is -2.04. The highest BCUT2D eigenvalue weighted by atomic mass is 16.5. The van der Waals surface area contributed by atoms with Crippen molar-refractivity contribution in [3.63, 3.8) is 0 Å². The van der Waals surface area contributed by atoms with Crippen molar-refractivity contribution in [2.24, 2.45) is 0 Å². The molecule has 1 aromatic rings. The fraction of sp³-hybridized carbons (Fsp3) is 0.500. The number of hydrogen-bond acceptors (Lipinski definition) is 2. The van der Waals surface area contributed by atoms with Gasteiger partial charge in [-0.05, 0) is 50.4 Å². The summed E-state index contributed by atoms with van der Waals surface area (Å²) in [4.78, 5) is 11.5. The summed E-state index contributed by atoms with van der Waals surface area (Å²) < 4.78 is 10.5. The summed E-state index contributed by atoms with van der Waals surface area (Å²) in [5, 5.41) is 0. The zero-order chi connectivity index (χ0) is 18.5. The van der Waals surface area contributed by atoms with Gasteiger partial charge in [0.15, 0.2) is 5.70 Å². The third-order valence-corrected chi connectivity index (χ3v) is 6.26. The first-order valence-electron chi connectivity index (χ1n) is 9.46. The molecule has 0 aliphatic carbocycles. The number of carbonyl (C=O) groups excluding carboxylic acids is 1. The second-order valence-electron chi connectivity index (χ2n) is 7.36. The number of carbonyl (C=O) groups is 1. The van der Waals surface area contributed by atoms with E-state index in [0.717, 1.165) is 12.8 Å². The molecule has 3 rings (SSSR count). The molecule has 1 aromatic heterocycles. The maximum atomic E-state index is 11.5. The Kier molecular flexibility index (Phi) is 4.52. The van der Waals surface area contributed by atoms with Gasteiger partial charge in [-0.3, -0.25) is 4.79 Å². The molecule has 0 aromatic carbocycles. The molecule has 0 fully saturated rings. The number of aromatic nitrogens is 1. The monoisotopic (exact) mass is 340 g/mol. The Morgan fingerprint density at radius 1 is 1.12 bits per heavy atom. The van der Waals surface area contributed by atoms with E-state index in [-0.39, 0.29) is 5.97 Å². The second-order valence-corrected chi connectivity index (χ2v) is 7.36. The van der Waals surface area contributed by atoms with E-state index in [4.69, 9.17) is 4.74 Å². The van der Waals surface area contributed by atoms with Crippen molar-refractivity contribution in [2.75, 3.05) is 6.61 Å². The normalized spacial score (nSPS) is 16.6. The van der Waals surface area contributed by atoms with Crippen LogP contribution in [-0.4, -0.2) is 34.8 Å². The molecule has 0 saturated heterocycles. The smallest absolute Gasteiger partial charge is 0.353 e. The summed E-state index contributed by atoms with van der Waals surface area (Å²) in [6.07, 6.45) is 2.08. The Labute approximate surface area is 151 Å². The molecule has 0 N–H and O–H groups in total. The number of fused-ring (bicyclic) bond motifs is 2. The molecule has 0 spiro atoms. The number of hydrogen-bond donors (Lipinski definition) is 0. The lowest BCUT2D eigenvalue weighted by atomic mass is 9.93. The highest BCUT2D eigenvalue weighted by Crippen LogP contribution is 2.39. The lowest BCUT2D eigenvalue weighted by Gasteiger charge is -2.27. The van der Waals surface area contributed by atoms with Crippen LogP contribution in [-0.2, 0) is 16.0 Å². The minimum absolute atomic E-state index is 0.222. The number of nitrogens with zero attached hydrogens (tertiary/aromatic N) is 2. The Balaban J connectivity index is 2.30. The van der Waals surface area contributed by atoms with E-state index < -0.39 is 7.55 Å². The Bertz CT molecular complexity index is 869. The van der Waals surface area contributed by atoms with Crippen LogP contribution >= 0.6 is 0 Å². The van der Waals surface area contributed by atoms with Gasteiger partial charge in [-0.25, -0.2) is 0 Å².